The third kappa shape index (κ3) is 5.16. The molecule has 0 bridgehead atoms. The lowest BCUT2D eigenvalue weighted by Gasteiger charge is -2.33. The van der Waals surface area contributed by atoms with E-state index in [2.05, 4.69) is 44.9 Å². The van der Waals surface area contributed by atoms with Gasteiger partial charge in [-0.25, -0.2) is 0 Å². The average molecular weight is 347 g/mol. The molecule has 0 spiro atoms. The van der Waals surface area contributed by atoms with Crippen molar-refractivity contribution in [2.75, 3.05) is 39.8 Å². The lowest BCUT2D eigenvalue weighted by Crippen LogP contribution is -2.38. The van der Waals surface area contributed by atoms with E-state index in [4.69, 9.17) is 5.11 Å². The van der Waals surface area contributed by atoms with Crippen LogP contribution < -0.4 is 0 Å². The molecule has 1 saturated heterocycles. The molecule has 1 aliphatic rings. The summed E-state index contributed by atoms with van der Waals surface area (Å²) >= 11 is 5.34. The molecular weight excluding hydrogens is 324 g/mol. The average Bonchev–Trinajstić information content (AvgIpc) is 2.77. The molecule has 0 radical (unpaired) electrons. The lowest BCUT2D eigenvalue weighted by atomic mass is 9.96. The van der Waals surface area contributed by atoms with E-state index < -0.39 is 0 Å². The van der Waals surface area contributed by atoms with Crippen LogP contribution in [0.2, 0.25) is 0 Å². The van der Waals surface area contributed by atoms with E-state index in [9.17, 15) is 0 Å². The predicted octanol–water partition coefficient (Wildman–Crippen LogP) is 2.65. The zero-order valence-electron chi connectivity index (χ0n) is 11.5. The van der Waals surface area contributed by atoms with Crippen molar-refractivity contribution in [3.8, 4) is 0 Å². The van der Waals surface area contributed by atoms with Gasteiger partial charge in [-0.2, -0.15) is 0 Å². The first-order valence-electron chi connectivity index (χ1n) is 6.93. The second-order valence-electron chi connectivity index (χ2n) is 5.41. The number of aliphatic hydroxyl groups is 1. The molecule has 0 atom stereocenters. The summed E-state index contributed by atoms with van der Waals surface area (Å²) in [6.45, 7) is 5.65. The second kappa shape index (κ2) is 7.74. The van der Waals surface area contributed by atoms with Crippen LogP contribution in [0.4, 0.5) is 0 Å². The molecule has 1 aliphatic heterocycles. The van der Waals surface area contributed by atoms with Crippen LogP contribution in [0.15, 0.2) is 15.9 Å². The van der Waals surface area contributed by atoms with Crippen LogP contribution in [0.5, 0.6) is 0 Å². The first kappa shape index (κ1) is 15.4. The van der Waals surface area contributed by atoms with Gasteiger partial charge >= 0.3 is 0 Å². The topological polar surface area (TPSA) is 26.7 Å². The molecule has 108 valence electrons. The number of piperidine rings is 1. The predicted molar refractivity (Wildman–Crippen MR) is 84.6 cm³/mol. The Bertz CT molecular complexity index is 377. The highest BCUT2D eigenvalue weighted by molar-refractivity contribution is 9.11. The van der Waals surface area contributed by atoms with E-state index in [1.807, 2.05) is 11.3 Å². The number of hydrogen-bond donors (Lipinski definition) is 1. The van der Waals surface area contributed by atoms with Gasteiger partial charge < -0.3 is 14.9 Å². The fourth-order valence-electron chi connectivity index (χ4n) is 2.74. The van der Waals surface area contributed by atoms with Crippen molar-refractivity contribution in [3.05, 3.63) is 20.8 Å². The Morgan fingerprint density at radius 3 is 2.74 bits per heavy atom. The summed E-state index contributed by atoms with van der Waals surface area (Å²) in [6, 6.07) is 4.33. The van der Waals surface area contributed by atoms with Gasteiger partial charge in [-0.15, -0.1) is 11.3 Å². The summed E-state index contributed by atoms with van der Waals surface area (Å²) in [6.07, 6.45) is 2.52. The van der Waals surface area contributed by atoms with Crippen molar-refractivity contribution in [1.29, 1.82) is 0 Å². The van der Waals surface area contributed by atoms with Crippen LogP contribution in [-0.2, 0) is 6.54 Å². The standard InChI is InChI=1S/C14H23BrN2OS/c1-16(11-13-2-3-14(15)19-13)10-12-4-6-17(7-5-12)8-9-18/h2-3,12,18H,4-11H2,1H3. The summed E-state index contributed by atoms with van der Waals surface area (Å²) in [4.78, 5) is 6.23. The number of aliphatic hydroxyl groups excluding tert-OH is 1. The third-order valence-corrected chi connectivity index (χ3v) is 5.36. The highest BCUT2D eigenvalue weighted by atomic mass is 79.9. The maximum absolute atomic E-state index is 8.94. The minimum absolute atomic E-state index is 0.290. The van der Waals surface area contributed by atoms with Gasteiger partial charge in [-0.05, 0) is 67.0 Å². The maximum atomic E-state index is 8.94. The van der Waals surface area contributed by atoms with Gasteiger partial charge in [0, 0.05) is 24.5 Å². The van der Waals surface area contributed by atoms with Gasteiger partial charge in [0.2, 0.25) is 0 Å². The van der Waals surface area contributed by atoms with Gasteiger partial charge in [0.25, 0.3) is 0 Å². The van der Waals surface area contributed by atoms with E-state index in [0.29, 0.717) is 0 Å². The number of rotatable bonds is 6. The van der Waals surface area contributed by atoms with Gasteiger partial charge in [0.1, 0.15) is 0 Å². The Balaban J connectivity index is 1.70. The molecule has 5 heteroatoms. The van der Waals surface area contributed by atoms with Crippen LogP contribution in [0, 0.1) is 5.92 Å². The van der Waals surface area contributed by atoms with E-state index in [1.165, 1.54) is 28.0 Å². The zero-order valence-corrected chi connectivity index (χ0v) is 13.9. The van der Waals surface area contributed by atoms with E-state index >= 15 is 0 Å². The Labute approximate surface area is 128 Å². The van der Waals surface area contributed by atoms with Crippen molar-refractivity contribution in [1.82, 2.24) is 9.80 Å². The molecule has 2 heterocycles. The lowest BCUT2D eigenvalue weighted by molar-refractivity contribution is 0.129. The molecule has 0 amide bonds. The van der Waals surface area contributed by atoms with E-state index in [-0.39, 0.29) is 6.61 Å². The van der Waals surface area contributed by atoms with Gasteiger partial charge in [-0.3, -0.25) is 0 Å². The summed E-state index contributed by atoms with van der Waals surface area (Å²) < 4.78 is 1.22. The van der Waals surface area contributed by atoms with Crippen molar-refractivity contribution in [2.24, 2.45) is 5.92 Å². The largest absolute Gasteiger partial charge is 0.395 e. The summed E-state index contributed by atoms with van der Waals surface area (Å²) in [5.74, 6) is 0.809. The highest BCUT2D eigenvalue weighted by Crippen LogP contribution is 2.24. The molecule has 1 fully saturated rings. The Morgan fingerprint density at radius 1 is 1.42 bits per heavy atom. The number of likely N-dealkylation sites (tertiary alicyclic amines) is 1. The smallest absolute Gasteiger partial charge is 0.0701 e. The SMILES string of the molecule is CN(Cc1ccc(Br)s1)CC1CCN(CCO)CC1. The number of hydrogen-bond acceptors (Lipinski definition) is 4. The maximum Gasteiger partial charge on any atom is 0.0701 e. The van der Waals surface area contributed by atoms with Crippen molar-refractivity contribution >= 4 is 27.3 Å². The minimum atomic E-state index is 0.290. The van der Waals surface area contributed by atoms with Crippen LogP contribution in [0.25, 0.3) is 0 Å². The number of nitrogens with zero attached hydrogens (tertiary/aromatic N) is 2. The van der Waals surface area contributed by atoms with Gasteiger partial charge in [-0.1, -0.05) is 0 Å². The van der Waals surface area contributed by atoms with E-state index in [1.54, 1.807) is 0 Å². The van der Waals surface area contributed by atoms with Crippen LogP contribution in [-0.4, -0.2) is 54.7 Å². The number of halogens is 1. The van der Waals surface area contributed by atoms with Crippen LogP contribution in [0.1, 0.15) is 17.7 Å². The molecule has 1 aromatic rings. The van der Waals surface area contributed by atoms with E-state index in [0.717, 1.165) is 32.1 Å². The molecular formula is C14H23BrN2OS. The molecule has 19 heavy (non-hydrogen) atoms. The fraction of sp³-hybridized carbons (Fsp3) is 0.714. The first-order chi connectivity index (χ1) is 9.17. The Morgan fingerprint density at radius 2 is 2.16 bits per heavy atom. The summed E-state index contributed by atoms with van der Waals surface area (Å²) in [5.41, 5.74) is 0. The first-order valence-corrected chi connectivity index (χ1v) is 8.54. The number of β-amino-alcohol motifs (C(OH)–C–C–N with tert-alkyl or cyclic N) is 1. The normalized spacial score (nSPS) is 18.3. The molecule has 3 nitrogen and oxygen atoms in total. The second-order valence-corrected chi connectivity index (χ2v) is 7.96. The molecule has 0 unspecified atom stereocenters. The Hall–Kier alpha value is 0.0600. The Kier molecular flexibility index (Phi) is 6.29. The van der Waals surface area contributed by atoms with Crippen molar-refractivity contribution < 1.29 is 5.11 Å². The molecule has 1 N–H and O–H groups in total. The van der Waals surface area contributed by atoms with Crippen LogP contribution >= 0.6 is 27.3 Å². The fourth-order valence-corrected chi connectivity index (χ4v) is 4.31. The molecule has 0 saturated carbocycles. The summed E-state index contributed by atoms with van der Waals surface area (Å²) in [5, 5.41) is 8.94. The number of thiophene rings is 1. The quantitative estimate of drug-likeness (QED) is 0.857. The zero-order chi connectivity index (χ0) is 13.7. The highest BCUT2D eigenvalue weighted by Gasteiger charge is 2.20. The van der Waals surface area contributed by atoms with Gasteiger partial charge in [0.05, 0.1) is 10.4 Å². The summed E-state index contributed by atoms with van der Waals surface area (Å²) in [7, 11) is 2.22. The monoisotopic (exact) mass is 346 g/mol. The molecule has 2 rings (SSSR count). The van der Waals surface area contributed by atoms with Crippen molar-refractivity contribution in [3.63, 3.8) is 0 Å². The molecule has 1 aromatic heterocycles. The molecule has 0 aromatic carbocycles. The third-order valence-electron chi connectivity index (χ3n) is 3.75. The molecule has 0 aliphatic carbocycles. The van der Waals surface area contributed by atoms with Crippen LogP contribution in [0.3, 0.4) is 0 Å². The minimum Gasteiger partial charge on any atom is -0.395 e. The van der Waals surface area contributed by atoms with Gasteiger partial charge in [0.15, 0.2) is 0 Å². The van der Waals surface area contributed by atoms with Crippen molar-refractivity contribution in [2.45, 2.75) is 19.4 Å².